The Kier molecular flexibility index (Phi) is 2.86. The summed E-state index contributed by atoms with van der Waals surface area (Å²) in [6.07, 6.45) is 1.73. The number of nitrogen functional groups attached to an aromatic ring is 1. The fraction of sp³-hybridized carbons (Fsp3) is 0.444. The highest BCUT2D eigenvalue weighted by atomic mass is 35.5. The van der Waals surface area contributed by atoms with Crippen LogP contribution in [-0.2, 0) is 4.74 Å². The van der Waals surface area contributed by atoms with Gasteiger partial charge in [0.2, 0.25) is 0 Å². The standard InChI is InChI=1S/C9H12ClN3O/c10-9-7(11)3-6(4-13-9)8-5-14-2-1-12-8/h3-4,8,12H,1-2,5,11H2. The molecule has 1 aliphatic rings. The van der Waals surface area contributed by atoms with Gasteiger partial charge in [0.1, 0.15) is 0 Å². The maximum absolute atomic E-state index is 5.73. The number of anilines is 1. The first-order chi connectivity index (χ1) is 6.77. The Morgan fingerprint density at radius 2 is 2.50 bits per heavy atom. The van der Waals surface area contributed by atoms with Crippen molar-refractivity contribution in [3.05, 3.63) is 23.0 Å². The number of nitrogens with one attached hydrogen (secondary N) is 1. The van der Waals surface area contributed by atoms with Crippen molar-refractivity contribution in [1.82, 2.24) is 10.3 Å². The van der Waals surface area contributed by atoms with Crippen molar-refractivity contribution in [2.45, 2.75) is 6.04 Å². The van der Waals surface area contributed by atoms with Crippen molar-refractivity contribution in [3.63, 3.8) is 0 Å². The predicted octanol–water partition coefficient (Wildman–Crippen LogP) is 0.978. The Bertz CT molecular complexity index is 326. The van der Waals surface area contributed by atoms with Crippen molar-refractivity contribution in [1.29, 1.82) is 0 Å². The van der Waals surface area contributed by atoms with Gasteiger partial charge < -0.3 is 15.8 Å². The number of aromatic nitrogens is 1. The number of hydrogen-bond acceptors (Lipinski definition) is 4. The van der Waals surface area contributed by atoms with Crippen molar-refractivity contribution in [3.8, 4) is 0 Å². The molecule has 1 aromatic heterocycles. The second kappa shape index (κ2) is 4.13. The molecule has 14 heavy (non-hydrogen) atoms. The van der Waals surface area contributed by atoms with Gasteiger partial charge in [-0.2, -0.15) is 0 Å². The predicted molar refractivity (Wildman–Crippen MR) is 55.2 cm³/mol. The number of morpholine rings is 1. The molecule has 3 N–H and O–H groups in total. The van der Waals surface area contributed by atoms with Crippen LogP contribution in [0.2, 0.25) is 5.15 Å². The van der Waals surface area contributed by atoms with Crippen LogP contribution >= 0.6 is 11.6 Å². The Labute approximate surface area is 87.4 Å². The van der Waals surface area contributed by atoms with Crippen molar-refractivity contribution < 1.29 is 4.74 Å². The molecule has 1 saturated heterocycles. The van der Waals surface area contributed by atoms with Crippen LogP contribution in [-0.4, -0.2) is 24.7 Å². The normalized spacial score (nSPS) is 22.2. The first-order valence-electron chi connectivity index (χ1n) is 4.49. The topological polar surface area (TPSA) is 60.2 Å². The summed E-state index contributed by atoms with van der Waals surface area (Å²) in [6.45, 7) is 2.27. The van der Waals surface area contributed by atoms with Crippen LogP contribution in [0.4, 0.5) is 5.69 Å². The largest absolute Gasteiger partial charge is 0.396 e. The van der Waals surface area contributed by atoms with Crippen LogP contribution in [0.5, 0.6) is 0 Å². The molecule has 1 fully saturated rings. The molecule has 0 amide bonds. The van der Waals surface area contributed by atoms with E-state index in [2.05, 4.69) is 10.3 Å². The lowest BCUT2D eigenvalue weighted by Crippen LogP contribution is -2.34. The molecular formula is C9H12ClN3O. The highest BCUT2D eigenvalue weighted by molar-refractivity contribution is 6.31. The van der Waals surface area contributed by atoms with E-state index in [1.54, 1.807) is 6.20 Å². The minimum absolute atomic E-state index is 0.177. The van der Waals surface area contributed by atoms with Gasteiger partial charge in [0.05, 0.1) is 24.9 Å². The second-order valence-corrected chi connectivity index (χ2v) is 3.59. The maximum Gasteiger partial charge on any atom is 0.151 e. The molecule has 1 unspecified atom stereocenters. The molecule has 0 radical (unpaired) electrons. The van der Waals surface area contributed by atoms with E-state index in [4.69, 9.17) is 22.1 Å². The van der Waals surface area contributed by atoms with Crippen molar-refractivity contribution >= 4 is 17.3 Å². The highest BCUT2D eigenvalue weighted by Gasteiger charge is 2.16. The number of rotatable bonds is 1. The SMILES string of the molecule is Nc1cc(C2COCCN2)cnc1Cl. The zero-order chi connectivity index (χ0) is 9.97. The summed E-state index contributed by atoms with van der Waals surface area (Å²) in [5.74, 6) is 0. The minimum atomic E-state index is 0.177. The molecule has 2 heterocycles. The lowest BCUT2D eigenvalue weighted by Gasteiger charge is -2.24. The monoisotopic (exact) mass is 213 g/mol. The molecule has 0 saturated carbocycles. The van der Waals surface area contributed by atoms with Crippen LogP contribution in [0.15, 0.2) is 12.3 Å². The van der Waals surface area contributed by atoms with E-state index >= 15 is 0 Å². The molecule has 4 nitrogen and oxygen atoms in total. The Morgan fingerprint density at radius 3 is 3.14 bits per heavy atom. The Hall–Kier alpha value is -0.840. The maximum atomic E-state index is 5.73. The minimum Gasteiger partial charge on any atom is -0.396 e. The molecule has 1 aromatic rings. The number of hydrogen-bond donors (Lipinski definition) is 2. The van der Waals surface area contributed by atoms with Gasteiger partial charge in [-0.1, -0.05) is 11.6 Å². The van der Waals surface area contributed by atoms with Gasteiger partial charge in [-0.15, -0.1) is 0 Å². The van der Waals surface area contributed by atoms with Gasteiger partial charge in [-0.05, 0) is 11.6 Å². The van der Waals surface area contributed by atoms with E-state index in [0.29, 0.717) is 17.4 Å². The van der Waals surface area contributed by atoms with Gasteiger partial charge in [-0.3, -0.25) is 0 Å². The smallest absolute Gasteiger partial charge is 0.151 e. The number of halogens is 1. The van der Waals surface area contributed by atoms with E-state index in [0.717, 1.165) is 18.7 Å². The van der Waals surface area contributed by atoms with Crippen LogP contribution < -0.4 is 11.1 Å². The molecule has 0 spiro atoms. The fourth-order valence-electron chi connectivity index (χ4n) is 1.45. The van der Waals surface area contributed by atoms with Gasteiger partial charge in [0, 0.05) is 12.7 Å². The van der Waals surface area contributed by atoms with Gasteiger partial charge >= 0.3 is 0 Å². The highest BCUT2D eigenvalue weighted by Crippen LogP contribution is 2.21. The van der Waals surface area contributed by atoms with Gasteiger partial charge in [0.15, 0.2) is 5.15 Å². The summed E-state index contributed by atoms with van der Waals surface area (Å²) in [5.41, 5.74) is 7.19. The number of pyridine rings is 1. The Balaban J connectivity index is 2.18. The van der Waals surface area contributed by atoms with E-state index in [9.17, 15) is 0 Å². The third-order valence-electron chi connectivity index (χ3n) is 2.21. The molecule has 0 bridgehead atoms. The molecule has 0 aromatic carbocycles. The van der Waals surface area contributed by atoms with E-state index < -0.39 is 0 Å². The molecule has 0 aliphatic carbocycles. The van der Waals surface area contributed by atoms with E-state index in [-0.39, 0.29) is 6.04 Å². The first-order valence-corrected chi connectivity index (χ1v) is 4.87. The van der Waals surface area contributed by atoms with Crippen LogP contribution in [0.3, 0.4) is 0 Å². The lowest BCUT2D eigenvalue weighted by atomic mass is 10.1. The molecule has 1 aliphatic heterocycles. The zero-order valence-corrected chi connectivity index (χ0v) is 8.42. The summed E-state index contributed by atoms with van der Waals surface area (Å²) in [5, 5.41) is 3.67. The second-order valence-electron chi connectivity index (χ2n) is 3.23. The quantitative estimate of drug-likeness (QED) is 0.683. The van der Waals surface area contributed by atoms with E-state index in [1.165, 1.54) is 0 Å². The zero-order valence-electron chi connectivity index (χ0n) is 7.66. The summed E-state index contributed by atoms with van der Waals surface area (Å²) >= 11 is 5.73. The average molecular weight is 214 g/mol. The lowest BCUT2D eigenvalue weighted by molar-refractivity contribution is 0.0768. The number of nitrogens with zero attached hydrogens (tertiary/aromatic N) is 1. The van der Waals surface area contributed by atoms with Crippen molar-refractivity contribution in [2.24, 2.45) is 0 Å². The number of nitrogens with two attached hydrogens (primary N) is 1. The molecule has 5 heteroatoms. The van der Waals surface area contributed by atoms with Crippen molar-refractivity contribution in [2.75, 3.05) is 25.5 Å². The molecular weight excluding hydrogens is 202 g/mol. The summed E-state index contributed by atoms with van der Waals surface area (Å²) in [4.78, 5) is 4.00. The Morgan fingerprint density at radius 1 is 1.64 bits per heavy atom. The summed E-state index contributed by atoms with van der Waals surface area (Å²) in [6, 6.07) is 2.01. The molecule has 2 rings (SSSR count). The third kappa shape index (κ3) is 1.97. The molecule has 76 valence electrons. The fourth-order valence-corrected chi connectivity index (χ4v) is 1.56. The summed E-state index contributed by atoms with van der Waals surface area (Å²) in [7, 11) is 0. The van der Waals surface area contributed by atoms with E-state index in [1.807, 2.05) is 6.07 Å². The van der Waals surface area contributed by atoms with Gasteiger partial charge in [-0.25, -0.2) is 4.98 Å². The van der Waals surface area contributed by atoms with Crippen LogP contribution in [0.25, 0.3) is 0 Å². The first kappa shape index (κ1) is 9.71. The molecule has 1 atom stereocenters. The average Bonchev–Trinajstić information content (AvgIpc) is 2.23. The van der Waals surface area contributed by atoms with Crippen LogP contribution in [0, 0.1) is 0 Å². The van der Waals surface area contributed by atoms with Crippen LogP contribution in [0.1, 0.15) is 11.6 Å². The summed E-state index contributed by atoms with van der Waals surface area (Å²) < 4.78 is 5.34. The van der Waals surface area contributed by atoms with Gasteiger partial charge in [0.25, 0.3) is 0 Å². The number of ether oxygens (including phenoxy) is 1. The third-order valence-corrected chi connectivity index (χ3v) is 2.53.